The van der Waals surface area contributed by atoms with Gasteiger partial charge in [0, 0.05) is 24.0 Å². The van der Waals surface area contributed by atoms with Gasteiger partial charge < -0.3 is 19.7 Å². The second-order valence-corrected chi connectivity index (χ2v) is 6.26. The molecule has 0 radical (unpaired) electrons. The van der Waals surface area contributed by atoms with E-state index in [4.69, 9.17) is 9.47 Å². The monoisotopic (exact) mass is 340 g/mol. The van der Waals surface area contributed by atoms with E-state index < -0.39 is 0 Å². The summed E-state index contributed by atoms with van der Waals surface area (Å²) < 4.78 is 10.7. The highest BCUT2D eigenvalue weighted by Gasteiger charge is 2.28. The van der Waals surface area contributed by atoms with Crippen molar-refractivity contribution in [2.75, 3.05) is 31.0 Å². The first-order chi connectivity index (χ1) is 12.0. The normalized spacial score (nSPS) is 14.0. The quantitative estimate of drug-likeness (QED) is 0.906. The van der Waals surface area contributed by atoms with Crippen LogP contribution in [0.1, 0.15) is 18.1 Å². The van der Waals surface area contributed by atoms with Gasteiger partial charge >= 0.3 is 0 Å². The lowest BCUT2D eigenvalue weighted by Crippen LogP contribution is -2.40. The molecular formula is C20H24N2O3. The van der Waals surface area contributed by atoms with Crippen LogP contribution in [0.15, 0.2) is 36.4 Å². The van der Waals surface area contributed by atoms with E-state index in [2.05, 4.69) is 11.4 Å². The number of methoxy groups -OCH3 is 2. The number of nitrogens with one attached hydrogen (secondary N) is 1. The second-order valence-electron chi connectivity index (χ2n) is 6.26. The molecule has 0 unspecified atom stereocenters. The van der Waals surface area contributed by atoms with Gasteiger partial charge in [-0.3, -0.25) is 4.79 Å². The van der Waals surface area contributed by atoms with Gasteiger partial charge in [-0.15, -0.1) is 0 Å². The number of nitrogens with zero attached hydrogens (tertiary/aromatic N) is 1. The van der Waals surface area contributed by atoms with Crippen molar-refractivity contribution >= 4 is 17.3 Å². The number of fused-ring (bicyclic) bond motifs is 1. The van der Waals surface area contributed by atoms with Crippen molar-refractivity contribution in [2.24, 2.45) is 0 Å². The molecule has 0 saturated heterocycles. The molecule has 0 bridgehead atoms. The summed E-state index contributed by atoms with van der Waals surface area (Å²) in [6.07, 6.45) is 0.907. The van der Waals surface area contributed by atoms with E-state index in [1.165, 1.54) is 5.56 Å². The number of rotatable bonds is 5. The average Bonchev–Trinajstić information content (AvgIpc) is 3.06. The van der Waals surface area contributed by atoms with E-state index in [0.29, 0.717) is 11.5 Å². The lowest BCUT2D eigenvalue weighted by atomic mass is 10.1. The minimum Gasteiger partial charge on any atom is -0.493 e. The molecular weight excluding hydrogens is 316 g/mol. The van der Waals surface area contributed by atoms with Gasteiger partial charge in [0.2, 0.25) is 5.91 Å². The molecule has 1 aliphatic heterocycles. The highest BCUT2D eigenvalue weighted by atomic mass is 16.5. The maximum atomic E-state index is 12.9. The number of para-hydroxylation sites is 1. The van der Waals surface area contributed by atoms with Crippen molar-refractivity contribution < 1.29 is 14.3 Å². The zero-order chi connectivity index (χ0) is 18.0. The molecule has 1 amide bonds. The van der Waals surface area contributed by atoms with Crippen molar-refractivity contribution in [1.82, 2.24) is 0 Å². The van der Waals surface area contributed by atoms with E-state index in [9.17, 15) is 4.79 Å². The Hall–Kier alpha value is -2.69. The number of ether oxygens (including phenoxy) is 2. The Morgan fingerprint density at radius 1 is 1.16 bits per heavy atom. The van der Waals surface area contributed by atoms with Gasteiger partial charge in [-0.2, -0.15) is 0 Å². The summed E-state index contributed by atoms with van der Waals surface area (Å²) in [5.41, 5.74) is 4.11. The van der Waals surface area contributed by atoms with Crippen LogP contribution in [0, 0.1) is 6.92 Å². The van der Waals surface area contributed by atoms with Gasteiger partial charge in [-0.05, 0) is 43.5 Å². The fourth-order valence-electron chi connectivity index (χ4n) is 3.23. The van der Waals surface area contributed by atoms with Crippen LogP contribution in [-0.2, 0) is 11.2 Å². The number of aryl methyl sites for hydroxylation is 1. The maximum absolute atomic E-state index is 12.9. The minimum atomic E-state index is -0.344. The maximum Gasteiger partial charge on any atom is 0.249 e. The summed E-state index contributed by atoms with van der Waals surface area (Å²) in [6.45, 7) is 4.60. The first-order valence-electron chi connectivity index (χ1n) is 8.43. The molecule has 25 heavy (non-hydrogen) atoms. The first-order valence-corrected chi connectivity index (χ1v) is 8.43. The van der Waals surface area contributed by atoms with E-state index >= 15 is 0 Å². The van der Waals surface area contributed by atoms with E-state index in [-0.39, 0.29) is 11.9 Å². The molecule has 132 valence electrons. The van der Waals surface area contributed by atoms with Crippen LogP contribution in [0.2, 0.25) is 0 Å². The molecule has 5 nitrogen and oxygen atoms in total. The lowest BCUT2D eigenvalue weighted by Gasteiger charge is -2.24. The van der Waals surface area contributed by atoms with Crippen LogP contribution in [-0.4, -0.2) is 32.7 Å². The highest BCUT2D eigenvalue weighted by molar-refractivity contribution is 6.00. The van der Waals surface area contributed by atoms with Gasteiger partial charge in [0.05, 0.1) is 14.2 Å². The summed E-state index contributed by atoms with van der Waals surface area (Å²) in [5.74, 6) is 1.39. The fourth-order valence-corrected chi connectivity index (χ4v) is 3.23. The third-order valence-corrected chi connectivity index (χ3v) is 4.63. The average molecular weight is 340 g/mol. The summed E-state index contributed by atoms with van der Waals surface area (Å²) in [7, 11) is 3.22. The second kappa shape index (κ2) is 7.05. The molecule has 2 aromatic carbocycles. The van der Waals surface area contributed by atoms with Crippen molar-refractivity contribution in [2.45, 2.75) is 26.3 Å². The molecule has 1 N–H and O–H groups in total. The van der Waals surface area contributed by atoms with Gasteiger partial charge in [-0.25, -0.2) is 0 Å². The molecule has 0 aliphatic carbocycles. The number of amides is 1. The van der Waals surface area contributed by atoms with Crippen LogP contribution < -0.4 is 19.7 Å². The zero-order valence-electron chi connectivity index (χ0n) is 15.1. The molecule has 5 heteroatoms. The SMILES string of the molecule is COc1cc(C)c(N[C@H](C)C(=O)N2CCc3ccccc32)cc1OC. The number of carbonyl (C=O) groups is 1. The molecule has 0 saturated carbocycles. The summed E-state index contributed by atoms with van der Waals surface area (Å²) in [4.78, 5) is 14.8. The van der Waals surface area contributed by atoms with E-state index in [1.54, 1.807) is 14.2 Å². The Labute approximate surface area is 148 Å². The number of hydrogen-bond acceptors (Lipinski definition) is 4. The standard InChI is InChI=1S/C20H24N2O3/c1-13-11-18(24-3)19(25-4)12-16(13)21-14(2)20(23)22-10-9-15-7-5-6-8-17(15)22/h5-8,11-12,14,21H,9-10H2,1-4H3/t14-/m1/s1. The van der Waals surface area contributed by atoms with E-state index in [0.717, 1.165) is 29.9 Å². The number of carbonyl (C=O) groups excluding carboxylic acids is 1. The fraction of sp³-hybridized carbons (Fsp3) is 0.350. The predicted molar refractivity (Wildman–Crippen MR) is 99.9 cm³/mol. The van der Waals surface area contributed by atoms with Crippen molar-refractivity contribution in [3.05, 3.63) is 47.5 Å². The Kier molecular flexibility index (Phi) is 4.83. The van der Waals surface area contributed by atoms with Crippen molar-refractivity contribution in [1.29, 1.82) is 0 Å². The molecule has 0 spiro atoms. The number of anilines is 2. The molecule has 0 fully saturated rings. The van der Waals surface area contributed by atoms with Crippen LogP contribution in [0.3, 0.4) is 0 Å². The smallest absolute Gasteiger partial charge is 0.249 e. The molecule has 0 aromatic heterocycles. The molecule has 1 heterocycles. The molecule has 1 aliphatic rings. The Morgan fingerprint density at radius 2 is 1.84 bits per heavy atom. The minimum absolute atomic E-state index is 0.0686. The predicted octanol–water partition coefficient (Wildman–Crippen LogP) is 3.40. The number of benzene rings is 2. The van der Waals surface area contributed by atoms with Crippen LogP contribution in [0.25, 0.3) is 0 Å². The van der Waals surface area contributed by atoms with Gasteiger partial charge in [0.15, 0.2) is 11.5 Å². The van der Waals surface area contributed by atoms with Gasteiger partial charge in [0.1, 0.15) is 6.04 Å². The molecule has 2 aromatic rings. The first kappa shape index (κ1) is 17.1. The summed E-state index contributed by atoms with van der Waals surface area (Å²) in [5, 5.41) is 3.32. The topological polar surface area (TPSA) is 50.8 Å². The van der Waals surface area contributed by atoms with Crippen LogP contribution in [0.4, 0.5) is 11.4 Å². The van der Waals surface area contributed by atoms with Crippen molar-refractivity contribution in [3.8, 4) is 11.5 Å². The van der Waals surface area contributed by atoms with Crippen molar-refractivity contribution in [3.63, 3.8) is 0 Å². The zero-order valence-corrected chi connectivity index (χ0v) is 15.1. The molecule has 1 atom stereocenters. The van der Waals surface area contributed by atoms with Gasteiger partial charge in [0.25, 0.3) is 0 Å². The Bertz CT molecular complexity index is 789. The Morgan fingerprint density at radius 3 is 2.56 bits per heavy atom. The summed E-state index contributed by atoms with van der Waals surface area (Å²) in [6, 6.07) is 11.5. The summed E-state index contributed by atoms with van der Waals surface area (Å²) >= 11 is 0. The third-order valence-electron chi connectivity index (χ3n) is 4.63. The molecule has 3 rings (SSSR count). The number of hydrogen-bond donors (Lipinski definition) is 1. The largest absolute Gasteiger partial charge is 0.493 e. The van der Waals surface area contributed by atoms with Gasteiger partial charge in [-0.1, -0.05) is 18.2 Å². The van der Waals surface area contributed by atoms with E-state index in [1.807, 2.05) is 49.1 Å². The van der Waals surface area contributed by atoms with Crippen LogP contribution >= 0.6 is 0 Å². The third kappa shape index (κ3) is 3.27. The highest BCUT2D eigenvalue weighted by Crippen LogP contribution is 2.34. The van der Waals surface area contributed by atoms with Crippen LogP contribution in [0.5, 0.6) is 11.5 Å². The Balaban J connectivity index is 1.79. The lowest BCUT2D eigenvalue weighted by molar-refractivity contribution is -0.118.